The van der Waals surface area contributed by atoms with E-state index in [0.29, 0.717) is 16.8 Å². The van der Waals surface area contributed by atoms with Crippen molar-refractivity contribution >= 4 is 23.3 Å². The molecule has 1 aliphatic heterocycles. The highest BCUT2D eigenvalue weighted by Crippen LogP contribution is 2.21. The Kier molecular flexibility index (Phi) is 6.66. The molecular weight excluding hydrogens is 412 g/mol. The maximum Gasteiger partial charge on any atom is 0.278 e. The summed E-state index contributed by atoms with van der Waals surface area (Å²) in [6, 6.07) is 11.6. The van der Waals surface area contributed by atoms with Gasteiger partial charge in [0.2, 0.25) is 0 Å². The highest BCUT2D eigenvalue weighted by molar-refractivity contribution is 6.34. The third-order valence-electron chi connectivity index (χ3n) is 5.15. The summed E-state index contributed by atoms with van der Waals surface area (Å²) in [5, 5.41) is 7.53. The molecule has 0 atom stereocenters. The zero-order valence-corrected chi connectivity index (χ0v) is 18.0. The number of nitrogens with one attached hydrogen (secondary N) is 1. The first kappa shape index (κ1) is 21.1. The predicted octanol–water partition coefficient (Wildman–Crippen LogP) is 4.32. The van der Waals surface area contributed by atoms with Crippen molar-refractivity contribution in [1.29, 1.82) is 0 Å². The first-order valence-corrected chi connectivity index (χ1v) is 10.6. The molecule has 31 heavy (non-hydrogen) atoms. The second kappa shape index (κ2) is 9.78. The van der Waals surface area contributed by atoms with Crippen LogP contribution in [0.2, 0.25) is 5.02 Å². The van der Waals surface area contributed by atoms with Gasteiger partial charge in [0.25, 0.3) is 5.91 Å². The van der Waals surface area contributed by atoms with Crippen molar-refractivity contribution in [3.8, 4) is 11.8 Å². The van der Waals surface area contributed by atoms with Gasteiger partial charge in [-0.1, -0.05) is 41.6 Å². The Morgan fingerprint density at radius 3 is 2.71 bits per heavy atom. The molecule has 1 N–H and O–H groups in total. The van der Waals surface area contributed by atoms with Crippen molar-refractivity contribution in [1.82, 2.24) is 14.8 Å². The SMILES string of the molecule is Cc1cc(C#Cc2ccccc2)cnc1NC(=O)c1nn(CC2CCOCC2)cc1Cl. The predicted molar refractivity (Wildman–Crippen MR) is 120 cm³/mol. The summed E-state index contributed by atoms with van der Waals surface area (Å²) in [7, 11) is 0. The molecule has 0 aliphatic carbocycles. The van der Waals surface area contributed by atoms with Crippen LogP contribution < -0.4 is 5.32 Å². The second-order valence-corrected chi connectivity index (χ2v) is 7.97. The minimum Gasteiger partial charge on any atom is -0.381 e. The molecule has 1 aliphatic rings. The van der Waals surface area contributed by atoms with E-state index in [4.69, 9.17) is 16.3 Å². The number of hydrogen-bond donors (Lipinski definition) is 1. The maximum absolute atomic E-state index is 12.7. The minimum atomic E-state index is -0.380. The van der Waals surface area contributed by atoms with Gasteiger partial charge in [0, 0.05) is 43.3 Å². The molecule has 4 rings (SSSR count). The fourth-order valence-corrected chi connectivity index (χ4v) is 3.68. The molecule has 3 aromatic rings. The summed E-state index contributed by atoms with van der Waals surface area (Å²) in [5.74, 6) is 6.76. The lowest BCUT2D eigenvalue weighted by molar-refractivity contribution is 0.0601. The molecule has 1 fully saturated rings. The van der Waals surface area contributed by atoms with E-state index in [9.17, 15) is 4.79 Å². The van der Waals surface area contributed by atoms with Crippen LogP contribution in [0.4, 0.5) is 5.82 Å². The van der Waals surface area contributed by atoms with Crippen molar-refractivity contribution in [2.45, 2.75) is 26.3 Å². The molecular formula is C24H23ClN4O2. The van der Waals surface area contributed by atoms with Gasteiger partial charge in [-0.25, -0.2) is 4.98 Å². The molecule has 2 aromatic heterocycles. The number of anilines is 1. The van der Waals surface area contributed by atoms with Crippen molar-refractivity contribution < 1.29 is 9.53 Å². The van der Waals surface area contributed by atoms with Crippen LogP contribution in [0.3, 0.4) is 0 Å². The number of benzene rings is 1. The lowest BCUT2D eigenvalue weighted by atomic mass is 10.0. The Labute approximate surface area is 186 Å². The number of halogens is 1. The van der Waals surface area contributed by atoms with Crippen molar-refractivity contribution in [2.75, 3.05) is 18.5 Å². The number of rotatable bonds is 4. The number of carbonyl (C=O) groups is 1. The van der Waals surface area contributed by atoms with Gasteiger partial charge in [-0.15, -0.1) is 0 Å². The molecule has 1 aromatic carbocycles. The minimum absolute atomic E-state index is 0.197. The molecule has 1 amide bonds. The van der Waals surface area contributed by atoms with E-state index in [2.05, 4.69) is 27.2 Å². The number of carbonyl (C=O) groups excluding carboxylic acids is 1. The number of amides is 1. The fourth-order valence-electron chi connectivity index (χ4n) is 3.44. The first-order valence-electron chi connectivity index (χ1n) is 10.2. The van der Waals surface area contributed by atoms with E-state index in [0.717, 1.165) is 49.3 Å². The van der Waals surface area contributed by atoms with Crippen LogP contribution in [0.25, 0.3) is 0 Å². The Morgan fingerprint density at radius 2 is 1.97 bits per heavy atom. The Morgan fingerprint density at radius 1 is 1.23 bits per heavy atom. The summed E-state index contributed by atoms with van der Waals surface area (Å²) < 4.78 is 7.14. The monoisotopic (exact) mass is 434 g/mol. The number of pyridine rings is 1. The summed E-state index contributed by atoms with van der Waals surface area (Å²) in [6.45, 7) is 4.14. The van der Waals surface area contributed by atoms with E-state index in [1.807, 2.05) is 43.3 Å². The van der Waals surface area contributed by atoms with Crippen LogP contribution in [0, 0.1) is 24.7 Å². The molecule has 0 bridgehead atoms. The van der Waals surface area contributed by atoms with E-state index >= 15 is 0 Å². The highest BCUT2D eigenvalue weighted by Gasteiger charge is 2.20. The van der Waals surface area contributed by atoms with Crippen LogP contribution in [0.5, 0.6) is 0 Å². The van der Waals surface area contributed by atoms with Crippen molar-refractivity contribution in [3.63, 3.8) is 0 Å². The van der Waals surface area contributed by atoms with Crippen LogP contribution in [0.15, 0.2) is 48.8 Å². The molecule has 6 nitrogen and oxygen atoms in total. The summed E-state index contributed by atoms with van der Waals surface area (Å²) in [4.78, 5) is 17.1. The first-order chi connectivity index (χ1) is 15.1. The molecule has 0 unspecified atom stereocenters. The number of nitrogens with zero attached hydrogens (tertiary/aromatic N) is 3. The van der Waals surface area contributed by atoms with Gasteiger partial charge in [-0.2, -0.15) is 5.10 Å². The second-order valence-electron chi connectivity index (χ2n) is 7.56. The van der Waals surface area contributed by atoms with Gasteiger partial charge in [0.15, 0.2) is 5.69 Å². The number of aryl methyl sites for hydroxylation is 1. The van der Waals surface area contributed by atoms with Gasteiger partial charge in [0.05, 0.1) is 5.02 Å². The smallest absolute Gasteiger partial charge is 0.278 e. The largest absolute Gasteiger partial charge is 0.381 e. The quantitative estimate of drug-likeness (QED) is 0.621. The Balaban J connectivity index is 1.43. The van der Waals surface area contributed by atoms with E-state index in [1.165, 1.54) is 0 Å². The molecule has 7 heteroatoms. The molecule has 158 valence electrons. The third-order valence-corrected chi connectivity index (χ3v) is 5.43. The van der Waals surface area contributed by atoms with Gasteiger partial charge in [0.1, 0.15) is 5.82 Å². The van der Waals surface area contributed by atoms with Gasteiger partial charge < -0.3 is 10.1 Å². The topological polar surface area (TPSA) is 69.0 Å². The summed E-state index contributed by atoms with van der Waals surface area (Å²) >= 11 is 6.28. The van der Waals surface area contributed by atoms with Crippen molar-refractivity contribution in [2.24, 2.45) is 5.92 Å². The van der Waals surface area contributed by atoms with E-state index in [-0.39, 0.29) is 11.6 Å². The van der Waals surface area contributed by atoms with Crippen LogP contribution in [0.1, 0.15) is 40.0 Å². The van der Waals surface area contributed by atoms with Crippen molar-refractivity contribution in [3.05, 3.63) is 76.2 Å². The average Bonchev–Trinajstić information content (AvgIpc) is 3.15. The number of aromatic nitrogens is 3. The normalized spacial score (nSPS) is 14.0. The fraction of sp³-hybridized carbons (Fsp3) is 0.292. The zero-order chi connectivity index (χ0) is 21.6. The summed E-state index contributed by atoms with van der Waals surface area (Å²) in [5.41, 5.74) is 2.72. The van der Waals surface area contributed by atoms with E-state index < -0.39 is 0 Å². The van der Waals surface area contributed by atoms with Gasteiger partial charge in [-0.05, 0) is 49.4 Å². The standard InChI is InChI=1S/C24H23ClN4O2/c1-17-13-20(8-7-18-5-3-2-4-6-18)14-26-23(17)27-24(30)22-21(25)16-29(28-22)15-19-9-11-31-12-10-19/h2-6,13-14,16,19H,9-12,15H2,1H3,(H,26,27,30). The van der Waals surface area contributed by atoms with Gasteiger partial charge in [-0.3, -0.25) is 9.48 Å². The van der Waals surface area contributed by atoms with Gasteiger partial charge >= 0.3 is 0 Å². The number of ether oxygens (including phenoxy) is 1. The van der Waals surface area contributed by atoms with Crippen LogP contribution >= 0.6 is 11.6 Å². The van der Waals surface area contributed by atoms with Crippen LogP contribution in [-0.2, 0) is 11.3 Å². The molecule has 0 saturated carbocycles. The number of hydrogen-bond acceptors (Lipinski definition) is 4. The van der Waals surface area contributed by atoms with E-state index in [1.54, 1.807) is 17.1 Å². The van der Waals surface area contributed by atoms with Crippen LogP contribution in [-0.4, -0.2) is 33.9 Å². The lowest BCUT2D eigenvalue weighted by Gasteiger charge is -2.21. The molecule has 0 radical (unpaired) electrons. The zero-order valence-electron chi connectivity index (χ0n) is 17.3. The molecule has 0 spiro atoms. The Hall–Kier alpha value is -3.14. The maximum atomic E-state index is 12.7. The molecule has 3 heterocycles. The average molecular weight is 435 g/mol. The third kappa shape index (κ3) is 5.52. The lowest BCUT2D eigenvalue weighted by Crippen LogP contribution is -2.21. The molecule has 1 saturated heterocycles. The highest BCUT2D eigenvalue weighted by atomic mass is 35.5. The summed E-state index contributed by atoms with van der Waals surface area (Å²) in [6.07, 6.45) is 5.32. The Bertz CT molecular complexity index is 1130.